The highest BCUT2D eigenvalue weighted by Crippen LogP contribution is 2.13. The van der Waals surface area contributed by atoms with Crippen LogP contribution in [-0.2, 0) is 11.3 Å². The van der Waals surface area contributed by atoms with E-state index in [0.717, 1.165) is 30.8 Å². The fraction of sp³-hybridized carbons (Fsp3) is 0.529. The second kappa shape index (κ2) is 9.56. The maximum atomic E-state index is 9.03. The number of rotatable bonds is 9. The summed E-state index contributed by atoms with van der Waals surface area (Å²) in [6.07, 6.45) is 4.20. The summed E-state index contributed by atoms with van der Waals surface area (Å²) in [5.41, 5.74) is 2.41. The third kappa shape index (κ3) is 6.22. The van der Waals surface area contributed by atoms with Gasteiger partial charge in [-0.3, -0.25) is 0 Å². The fourth-order valence-corrected chi connectivity index (χ4v) is 1.77. The number of hydrogen-bond acceptors (Lipinski definition) is 3. The maximum Gasteiger partial charge on any atom is 0.118 e. The van der Waals surface area contributed by atoms with E-state index >= 15 is 0 Å². The molecule has 0 spiro atoms. The zero-order valence-electron chi connectivity index (χ0n) is 12.8. The highest BCUT2D eigenvalue weighted by molar-refractivity contribution is 5.26. The predicted octanol–water partition coefficient (Wildman–Crippen LogP) is 3.57. The van der Waals surface area contributed by atoms with Gasteiger partial charge in [0, 0.05) is 13.2 Å². The van der Waals surface area contributed by atoms with E-state index in [9.17, 15) is 0 Å². The van der Waals surface area contributed by atoms with Gasteiger partial charge in [0.15, 0.2) is 0 Å². The summed E-state index contributed by atoms with van der Waals surface area (Å²) >= 11 is 0. The summed E-state index contributed by atoms with van der Waals surface area (Å²) in [7, 11) is 1.67. The Morgan fingerprint density at radius 2 is 2.00 bits per heavy atom. The predicted molar refractivity (Wildman–Crippen MR) is 81.9 cm³/mol. The average Bonchev–Trinajstić information content (AvgIpc) is 2.50. The van der Waals surface area contributed by atoms with Gasteiger partial charge in [0.2, 0.25) is 0 Å². The van der Waals surface area contributed by atoms with Crippen molar-refractivity contribution in [2.24, 2.45) is 5.92 Å². The molecule has 0 unspecified atom stereocenters. The first-order valence-electron chi connectivity index (χ1n) is 7.15. The zero-order chi connectivity index (χ0) is 14.8. The van der Waals surface area contributed by atoms with Gasteiger partial charge in [-0.2, -0.15) is 0 Å². The fourth-order valence-electron chi connectivity index (χ4n) is 1.77. The van der Waals surface area contributed by atoms with E-state index in [1.807, 2.05) is 31.2 Å². The van der Waals surface area contributed by atoms with Crippen LogP contribution in [0.1, 0.15) is 32.3 Å². The van der Waals surface area contributed by atoms with Crippen LogP contribution in [0.2, 0.25) is 0 Å². The molecule has 0 heterocycles. The Morgan fingerprint density at radius 3 is 2.60 bits per heavy atom. The molecular weight excluding hydrogens is 252 g/mol. The van der Waals surface area contributed by atoms with Gasteiger partial charge in [0.1, 0.15) is 5.75 Å². The van der Waals surface area contributed by atoms with E-state index in [1.165, 1.54) is 5.57 Å². The van der Waals surface area contributed by atoms with E-state index < -0.39 is 0 Å². The monoisotopic (exact) mass is 278 g/mol. The van der Waals surface area contributed by atoms with Crippen molar-refractivity contribution < 1.29 is 14.6 Å². The standard InChI is InChI=1S/C17H26O3/c1-14(15(2)12-18)6-4-5-11-20-13-16-7-9-17(19-3)10-8-16/h6-10,15,18H,4-5,11-13H2,1-3H3/b14-6+/t15-/m1/s1. The van der Waals surface area contributed by atoms with Gasteiger partial charge in [-0.25, -0.2) is 0 Å². The van der Waals surface area contributed by atoms with Crippen molar-refractivity contribution in [2.45, 2.75) is 33.3 Å². The minimum Gasteiger partial charge on any atom is -0.497 e. The van der Waals surface area contributed by atoms with Crippen LogP contribution in [0.25, 0.3) is 0 Å². The molecule has 0 aliphatic rings. The number of benzene rings is 1. The first-order chi connectivity index (χ1) is 9.67. The van der Waals surface area contributed by atoms with Crippen molar-refractivity contribution >= 4 is 0 Å². The molecule has 0 amide bonds. The first kappa shape index (κ1) is 16.7. The van der Waals surface area contributed by atoms with Crippen molar-refractivity contribution in [3.63, 3.8) is 0 Å². The Balaban J connectivity index is 2.15. The molecule has 0 saturated heterocycles. The highest BCUT2D eigenvalue weighted by Gasteiger charge is 2.00. The highest BCUT2D eigenvalue weighted by atomic mass is 16.5. The normalized spacial score (nSPS) is 13.3. The smallest absolute Gasteiger partial charge is 0.118 e. The molecule has 0 fully saturated rings. The Hall–Kier alpha value is -1.32. The van der Waals surface area contributed by atoms with Crippen LogP contribution in [-0.4, -0.2) is 25.4 Å². The van der Waals surface area contributed by atoms with Gasteiger partial charge < -0.3 is 14.6 Å². The summed E-state index contributed by atoms with van der Waals surface area (Å²) in [5, 5.41) is 9.03. The summed E-state index contributed by atoms with van der Waals surface area (Å²) in [6, 6.07) is 7.93. The van der Waals surface area contributed by atoms with E-state index in [2.05, 4.69) is 13.0 Å². The van der Waals surface area contributed by atoms with Crippen LogP contribution in [0.15, 0.2) is 35.9 Å². The SMILES string of the molecule is COc1ccc(COCCC/C=C(\C)[C@H](C)CO)cc1. The molecule has 0 bridgehead atoms. The van der Waals surface area contributed by atoms with Crippen molar-refractivity contribution in [3.05, 3.63) is 41.5 Å². The Labute approximate surface area is 122 Å². The number of aliphatic hydroxyl groups excluding tert-OH is 1. The van der Waals surface area contributed by atoms with E-state index in [1.54, 1.807) is 7.11 Å². The van der Waals surface area contributed by atoms with Gasteiger partial charge >= 0.3 is 0 Å². The number of aliphatic hydroxyl groups is 1. The molecule has 0 aliphatic heterocycles. The lowest BCUT2D eigenvalue weighted by atomic mass is 10.0. The molecule has 3 heteroatoms. The molecule has 1 aromatic carbocycles. The lowest BCUT2D eigenvalue weighted by Crippen LogP contribution is -2.02. The Morgan fingerprint density at radius 1 is 1.30 bits per heavy atom. The summed E-state index contributed by atoms with van der Waals surface area (Å²) in [5.74, 6) is 1.13. The first-order valence-corrected chi connectivity index (χ1v) is 7.15. The molecule has 1 rings (SSSR count). The van der Waals surface area contributed by atoms with Gasteiger partial charge in [-0.1, -0.05) is 30.7 Å². The molecule has 1 aromatic rings. The van der Waals surface area contributed by atoms with Gasteiger partial charge in [0.25, 0.3) is 0 Å². The van der Waals surface area contributed by atoms with Crippen LogP contribution < -0.4 is 4.74 Å². The molecular formula is C17H26O3. The number of unbranched alkanes of at least 4 members (excludes halogenated alkanes) is 1. The van der Waals surface area contributed by atoms with Gasteiger partial charge in [-0.05, 0) is 43.4 Å². The maximum absolute atomic E-state index is 9.03. The van der Waals surface area contributed by atoms with Crippen LogP contribution >= 0.6 is 0 Å². The van der Waals surface area contributed by atoms with Crippen molar-refractivity contribution in [1.29, 1.82) is 0 Å². The van der Waals surface area contributed by atoms with Crippen LogP contribution in [0.4, 0.5) is 0 Å². The number of methoxy groups -OCH3 is 1. The van der Waals surface area contributed by atoms with E-state index in [-0.39, 0.29) is 12.5 Å². The quantitative estimate of drug-likeness (QED) is 0.554. The lowest BCUT2D eigenvalue weighted by molar-refractivity contribution is 0.119. The molecule has 112 valence electrons. The molecule has 20 heavy (non-hydrogen) atoms. The van der Waals surface area contributed by atoms with Crippen molar-refractivity contribution in [2.75, 3.05) is 20.3 Å². The molecule has 0 saturated carbocycles. The van der Waals surface area contributed by atoms with E-state index in [0.29, 0.717) is 6.61 Å². The molecule has 1 atom stereocenters. The van der Waals surface area contributed by atoms with Crippen LogP contribution in [0.3, 0.4) is 0 Å². The zero-order valence-corrected chi connectivity index (χ0v) is 12.8. The van der Waals surface area contributed by atoms with Crippen molar-refractivity contribution in [1.82, 2.24) is 0 Å². The molecule has 0 aromatic heterocycles. The molecule has 0 aliphatic carbocycles. The molecule has 1 N–H and O–H groups in total. The minimum absolute atomic E-state index is 0.219. The number of allylic oxidation sites excluding steroid dienone is 1. The minimum atomic E-state index is 0.219. The lowest BCUT2D eigenvalue weighted by Gasteiger charge is -2.08. The third-order valence-corrected chi connectivity index (χ3v) is 3.44. The van der Waals surface area contributed by atoms with Gasteiger partial charge in [-0.15, -0.1) is 0 Å². The molecule has 3 nitrogen and oxygen atoms in total. The number of ether oxygens (including phenoxy) is 2. The summed E-state index contributed by atoms with van der Waals surface area (Å²) in [4.78, 5) is 0. The topological polar surface area (TPSA) is 38.7 Å². The second-order valence-electron chi connectivity index (χ2n) is 5.07. The Kier molecular flexibility index (Phi) is 8.00. The second-order valence-corrected chi connectivity index (χ2v) is 5.07. The average molecular weight is 278 g/mol. The number of hydrogen-bond donors (Lipinski definition) is 1. The molecule has 0 radical (unpaired) electrons. The Bertz CT molecular complexity index is 395. The van der Waals surface area contributed by atoms with Crippen LogP contribution in [0, 0.1) is 5.92 Å². The summed E-state index contributed by atoms with van der Waals surface area (Å²) < 4.78 is 10.8. The van der Waals surface area contributed by atoms with E-state index in [4.69, 9.17) is 14.6 Å². The van der Waals surface area contributed by atoms with Gasteiger partial charge in [0.05, 0.1) is 13.7 Å². The van der Waals surface area contributed by atoms with Crippen molar-refractivity contribution in [3.8, 4) is 5.75 Å². The third-order valence-electron chi connectivity index (χ3n) is 3.44. The summed E-state index contributed by atoms with van der Waals surface area (Å²) in [6.45, 7) is 5.71. The largest absolute Gasteiger partial charge is 0.497 e. The van der Waals surface area contributed by atoms with Crippen LogP contribution in [0.5, 0.6) is 5.75 Å².